The van der Waals surface area contributed by atoms with Crippen LogP contribution in [0.1, 0.15) is 39.5 Å². The predicted molar refractivity (Wildman–Crippen MR) is 69.1 cm³/mol. The molecule has 2 heterocycles. The van der Waals surface area contributed by atoms with Crippen LogP contribution >= 0.6 is 0 Å². The maximum atomic E-state index is 6.00. The average molecular weight is 238 g/mol. The Kier molecular flexibility index (Phi) is 3.42. The van der Waals surface area contributed by atoms with Gasteiger partial charge in [-0.3, -0.25) is 4.90 Å². The van der Waals surface area contributed by atoms with E-state index < -0.39 is 0 Å². The fourth-order valence-corrected chi connectivity index (χ4v) is 3.52. The highest BCUT2D eigenvalue weighted by Crippen LogP contribution is 2.41. The predicted octanol–water partition coefficient (Wildman–Crippen LogP) is 1.63. The quantitative estimate of drug-likeness (QED) is 0.809. The molecule has 0 aromatic heterocycles. The molecule has 4 atom stereocenters. The van der Waals surface area contributed by atoms with Crippen molar-refractivity contribution in [3.8, 4) is 0 Å². The van der Waals surface area contributed by atoms with E-state index in [1.807, 2.05) is 0 Å². The molecule has 3 nitrogen and oxygen atoms in total. The highest BCUT2D eigenvalue weighted by Gasteiger charge is 2.44. The minimum atomic E-state index is 0.549. The van der Waals surface area contributed by atoms with Crippen molar-refractivity contribution in [1.29, 1.82) is 0 Å². The lowest BCUT2D eigenvalue weighted by Crippen LogP contribution is -2.60. The van der Waals surface area contributed by atoms with Crippen LogP contribution in [0.15, 0.2) is 0 Å². The standard InChI is InChI=1S/C14H26N2O/c1-3-12-9-16(10(2)8-15-12)13-6-7-17-14(13)11-4-5-11/h10-15H,3-9H2,1-2H3. The zero-order chi connectivity index (χ0) is 11.8. The van der Waals surface area contributed by atoms with Crippen LogP contribution in [0.2, 0.25) is 0 Å². The van der Waals surface area contributed by atoms with Gasteiger partial charge in [0.05, 0.1) is 6.10 Å². The Labute approximate surface area is 105 Å². The van der Waals surface area contributed by atoms with Crippen molar-refractivity contribution in [2.24, 2.45) is 5.92 Å². The van der Waals surface area contributed by atoms with Gasteiger partial charge in [-0.25, -0.2) is 0 Å². The van der Waals surface area contributed by atoms with E-state index in [0.29, 0.717) is 24.2 Å². The Morgan fingerprint density at radius 3 is 2.82 bits per heavy atom. The lowest BCUT2D eigenvalue weighted by molar-refractivity contribution is 0.0159. The molecular weight excluding hydrogens is 212 g/mol. The second kappa shape index (κ2) is 4.87. The first-order chi connectivity index (χ1) is 8.29. The molecule has 1 aliphatic carbocycles. The van der Waals surface area contributed by atoms with Crippen molar-refractivity contribution in [3.05, 3.63) is 0 Å². The second-order valence-corrected chi connectivity index (χ2v) is 6.09. The number of nitrogens with one attached hydrogen (secondary N) is 1. The molecule has 0 radical (unpaired) electrons. The van der Waals surface area contributed by atoms with Crippen LogP contribution in [-0.2, 0) is 4.74 Å². The summed E-state index contributed by atoms with van der Waals surface area (Å²) in [5.74, 6) is 0.879. The van der Waals surface area contributed by atoms with E-state index in [1.165, 1.54) is 32.2 Å². The van der Waals surface area contributed by atoms with Gasteiger partial charge in [0.25, 0.3) is 0 Å². The van der Waals surface area contributed by atoms with E-state index in [2.05, 4.69) is 24.1 Å². The van der Waals surface area contributed by atoms with E-state index >= 15 is 0 Å². The first kappa shape index (κ1) is 11.9. The van der Waals surface area contributed by atoms with Gasteiger partial charge in [0.1, 0.15) is 0 Å². The van der Waals surface area contributed by atoms with Crippen LogP contribution < -0.4 is 5.32 Å². The van der Waals surface area contributed by atoms with Crippen LogP contribution in [-0.4, -0.2) is 48.8 Å². The van der Waals surface area contributed by atoms with Gasteiger partial charge in [-0.1, -0.05) is 6.92 Å². The number of hydrogen-bond acceptors (Lipinski definition) is 3. The summed E-state index contributed by atoms with van der Waals surface area (Å²) in [4.78, 5) is 2.74. The molecule has 0 aromatic rings. The highest BCUT2D eigenvalue weighted by atomic mass is 16.5. The summed E-state index contributed by atoms with van der Waals surface area (Å²) >= 11 is 0. The van der Waals surface area contributed by atoms with Crippen molar-refractivity contribution < 1.29 is 4.74 Å². The van der Waals surface area contributed by atoms with E-state index in [1.54, 1.807) is 0 Å². The molecule has 1 saturated carbocycles. The third-order valence-electron chi connectivity index (χ3n) is 4.81. The van der Waals surface area contributed by atoms with Gasteiger partial charge in [-0.05, 0) is 38.5 Å². The summed E-state index contributed by atoms with van der Waals surface area (Å²) in [5.41, 5.74) is 0. The molecule has 0 bridgehead atoms. The van der Waals surface area contributed by atoms with Crippen molar-refractivity contribution >= 4 is 0 Å². The molecule has 2 aliphatic heterocycles. The highest BCUT2D eigenvalue weighted by molar-refractivity contribution is 4.98. The summed E-state index contributed by atoms with van der Waals surface area (Å²) in [6, 6.07) is 2.06. The first-order valence-electron chi connectivity index (χ1n) is 7.40. The zero-order valence-electron chi connectivity index (χ0n) is 11.2. The molecule has 0 spiro atoms. The summed E-state index contributed by atoms with van der Waals surface area (Å²) in [6.07, 6.45) is 5.85. The topological polar surface area (TPSA) is 24.5 Å². The molecule has 3 heteroatoms. The van der Waals surface area contributed by atoms with Gasteiger partial charge in [-0.2, -0.15) is 0 Å². The molecular formula is C14H26N2O. The van der Waals surface area contributed by atoms with E-state index in [0.717, 1.165) is 19.1 Å². The molecule has 3 aliphatic rings. The van der Waals surface area contributed by atoms with Gasteiger partial charge < -0.3 is 10.1 Å². The number of piperazine rings is 1. The third kappa shape index (κ3) is 2.38. The molecule has 4 unspecified atom stereocenters. The molecule has 0 aromatic carbocycles. The number of ether oxygens (including phenoxy) is 1. The van der Waals surface area contributed by atoms with E-state index in [9.17, 15) is 0 Å². The maximum absolute atomic E-state index is 6.00. The van der Waals surface area contributed by atoms with Gasteiger partial charge in [0.15, 0.2) is 0 Å². The van der Waals surface area contributed by atoms with E-state index in [4.69, 9.17) is 4.74 Å². The molecule has 0 amide bonds. The van der Waals surface area contributed by atoms with Crippen molar-refractivity contribution in [3.63, 3.8) is 0 Å². The van der Waals surface area contributed by atoms with Crippen molar-refractivity contribution in [2.75, 3.05) is 19.7 Å². The average Bonchev–Trinajstić information content (AvgIpc) is 3.08. The van der Waals surface area contributed by atoms with Crippen LogP contribution in [0.4, 0.5) is 0 Å². The van der Waals surface area contributed by atoms with Crippen LogP contribution in [0, 0.1) is 5.92 Å². The molecule has 1 N–H and O–H groups in total. The molecule has 2 saturated heterocycles. The Bertz CT molecular complexity index is 267. The summed E-state index contributed by atoms with van der Waals surface area (Å²) in [5, 5.41) is 3.65. The fourth-order valence-electron chi connectivity index (χ4n) is 3.52. The van der Waals surface area contributed by atoms with Gasteiger partial charge >= 0.3 is 0 Å². The Balaban J connectivity index is 1.67. The lowest BCUT2D eigenvalue weighted by Gasteiger charge is -2.43. The summed E-state index contributed by atoms with van der Waals surface area (Å²) < 4.78 is 6.00. The normalized spacial score (nSPS) is 44.1. The van der Waals surface area contributed by atoms with Crippen LogP contribution in [0.25, 0.3) is 0 Å². The molecule has 3 fully saturated rings. The SMILES string of the molecule is CCC1CN(C2CCOC2C2CC2)C(C)CN1. The molecule has 3 rings (SSSR count). The largest absolute Gasteiger partial charge is 0.376 e. The fraction of sp³-hybridized carbons (Fsp3) is 1.00. The Morgan fingerprint density at radius 1 is 1.29 bits per heavy atom. The molecule has 98 valence electrons. The third-order valence-corrected chi connectivity index (χ3v) is 4.81. The van der Waals surface area contributed by atoms with Crippen molar-refractivity contribution in [2.45, 2.75) is 63.8 Å². The number of rotatable bonds is 3. The second-order valence-electron chi connectivity index (χ2n) is 6.09. The number of nitrogens with zero attached hydrogens (tertiary/aromatic N) is 1. The smallest absolute Gasteiger partial charge is 0.0759 e. The molecule has 17 heavy (non-hydrogen) atoms. The van der Waals surface area contributed by atoms with Gasteiger partial charge in [0, 0.05) is 37.8 Å². The van der Waals surface area contributed by atoms with Crippen LogP contribution in [0.5, 0.6) is 0 Å². The monoisotopic (exact) mass is 238 g/mol. The first-order valence-corrected chi connectivity index (χ1v) is 7.40. The van der Waals surface area contributed by atoms with E-state index in [-0.39, 0.29) is 0 Å². The van der Waals surface area contributed by atoms with Crippen LogP contribution in [0.3, 0.4) is 0 Å². The lowest BCUT2D eigenvalue weighted by atomic mass is 9.99. The van der Waals surface area contributed by atoms with Gasteiger partial charge in [0.2, 0.25) is 0 Å². The maximum Gasteiger partial charge on any atom is 0.0759 e. The van der Waals surface area contributed by atoms with Crippen molar-refractivity contribution in [1.82, 2.24) is 10.2 Å². The minimum Gasteiger partial charge on any atom is -0.376 e. The minimum absolute atomic E-state index is 0.549. The zero-order valence-corrected chi connectivity index (χ0v) is 11.2. The summed E-state index contributed by atoms with van der Waals surface area (Å²) in [7, 11) is 0. The Morgan fingerprint density at radius 2 is 2.12 bits per heavy atom. The Hall–Kier alpha value is -0.120. The summed E-state index contributed by atoms with van der Waals surface area (Å²) in [6.45, 7) is 8.00. The van der Waals surface area contributed by atoms with Gasteiger partial charge in [-0.15, -0.1) is 0 Å². The number of hydrogen-bond donors (Lipinski definition) is 1.